The van der Waals surface area contributed by atoms with Gasteiger partial charge in [0.25, 0.3) is 5.91 Å². The number of aromatic hydroxyl groups is 1. The molecule has 1 aliphatic carbocycles. The third-order valence-corrected chi connectivity index (χ3v) is 13.4. The molecule has 2 aliphatic heterocycles. The topological polar surface area (TPSA) is 181 Å². The lowest BCUT2D eigenvalue weighted by atomic mass is 9.84. The summed E-state index contributed by atoms with van der Waals surface area (Å²) in [5.41, 5.74) is 13.8. The number of rotatable bonds is 10. The fraction of sp³-hybridized carbons (Fsp3) is 0.531. The maximum absolute atomic E-state index is 14.8. The zero-order chi connectivity index (χ0) is 45.6. The number of hydrogen-bond acceptors (Lipinski definition) is 10. The number of phenols is 1. The van der Waals surface area contributed by atoms with Crippen molar-refractivity contribution in [3.05, 3.63) is 71.5 Å². The molecule has 4 heterocycles. The number of hydrogen-bond donors (Lipinski definition) is 4. The number of nitrogens with zero attached hydrogens (tertiary/aromatic N) is 4. The molecule has 5 N–H and O–H groups in total. The molecule has 63 heavy (non-hydrogen) atoms. The minimum atomic E-state index is -1.24. The Labute approximate surface area is 370 Å². The number of cyclic esters (lactones) is 1. The van der Waals surface area contributed by atoms with E-state index in [1.165, 1.54) is 9.91 Å². The van der Waals surface area contributed by atoms with Crippen LogP contribution < -0.4 is 16.5 Å². The molecule has 7 rings (SSSR count). The second-order valence-corrected chi connectivity index (χ2v) is 19.3. The Morgan fingerprint density at radius 3 is 2.49 bits per heavy atom. The number of benzene rings is 2. The van der Waals surface area contributed by atoms with E-state index in [2.05, 4.69) is 54.3 Å². The van der Waals surface area contributed by atoms with Crippen molar-refractivity contribution in [2.24, 2.45) is 22.5 Å². The van der Waals surface area contributed by atoms with E-state index in [1.54, 1.807) is 39.4 Å². The molecule has 6 bridgehead atoms. The highest BCUT2D eigenvalue weighted by molar-refractivity contribution is 5.96. The summed E-state index contributed by atoms with van der Waals surface area (Å²) < 4.78 is 14.3. The third kappa shape index (κ3) is 8.94. The summed E-state index contributed by atoms with van der Waals surface area (Å²) in [6, 6.07) is 13.5. The van der Waals surface area contributed by atoms with Gasteiger partial charge in [0.2, 0.25) is 11.8 Å². The van der Waals surface area contributed by atoms with Crippen molar-refractivity contribution in [1.29, 1.82) is 0 Å². The maximum Gasteiger partial charge on any atom is 0.327 e. The summed E-state index contributed by atoms with van der Waals surface area (Å²) in [6.07, 6.45) is 4.32. The first-order chi connectivity index (χ1) is 29.9. The number of hydrazine groups is 1. The molecule has 2 fully saturated rings. The SMILES string of the molecule is CCn1c(-c2cccnc2[C@H](C)OC)c2c3cc(ccc31)-c1cc(O)cc(c1)C[C@H](NC(=O)[C@H](C(C)C)N(C)C(=O)C1(CN)CC1)C(=O)N1CCC[C@@](C)(N1)C(=O)OCC(C)(C)C2. The molecule has 338 valence electrons. The van der Waals surface area contributed by atoms with Gasteiger partial charge in [0.15, 0.2) is 0 Å². The fourth-order valence-electron chi connectivity index (χ4n) is 9.66. The van der Waals surface area contributed by atoms with Crippen LogP contribution in [0.15, 0.2) is 54.7 Å². The van der Waals surface area contributed by atoms with Crippen molar-refractivity contribution in [1.82, 2.24) is 30.2 Å². The van der Waals surface area contributed by atoms with Gasteiger partial charge in [-0.05, 0) is 117 Å². The number of aromatic nitrogens is 2. The second kappa shape index (κ2) is 17.7. The number of aryl methyl sites for hydroxylation is 1. The predicted octanol–water partition coefficient (Wildman–Crippen LogP) is 6.06. The van der Waals surface area contributed by atoms with E-state index < -0.39 is 46.2 Å². The Kier molecular flexibility index (Phi) is 12.8. The van der Waals surface area contributed by atoms with E-state index in [0.717, 1.165) is 44.5 Å². The Hall–Kier alpha value is -5.31. The molecule has 1 saturated carbocycles. The number of phenolic OH excluding ortho intramolecular Hbond substituents is 1. The van der Waals surface area contributed by atoms with Crippen LogP contribution in [0.2, 0.25) is 0 Å². The number of pyridine rings is 1. The molecule has 0 radical (unpaired) electrons. The zero-order valence-corrected chi connectivity index (χ0v) is 38.3. The van der Waals surface area contributed by atoms with Gasteiger partial charge in [-0.25, -0.2) is 10.2 Å². The summed E-state index contributed by atoms with van der Waals surface area (Å²) >= 11 is 0. The van der Waals surface area contributed by atoms with Crippen LogP contribution in [0.1, 0.15) is 97.1 Å². The molecule has 4 aromatic rings. The number of carbonyl (C=O) groups is 4. The van der Waals surface area contributed by atoms with Crippen molar-refractivity contribution >= 4 is 34.6 Å². The van der Waals surface area contributed by atoms with Gasteiger partial charge in [0.1, 0.15) is 23.4 Å². The number of carbonyl (C=O) groups excluding carboxylic acids is 4. The number of esters is 1. The van der Waals surface area contributed by atoms with Crippen molar-refractivity contribution in [2.75, 3.05) is 33.9 Å². The number of ether oxygens (including phenoxy) is 2. The molecule has 1 saturated heterocycles. The van der Waals surface area contributed by atoms with Gasteiger partial charge < -0.3 is 35.1 Å². The van der Waals surface area contributed by atoms with E-state index in [-0.39, 0.29) is 49.8 Å². The first kappa shape index (κ1) is 45.7. The van der Waals surface area contributed by atoms with Gasteiger partial charge in [-0.2, -0.15) is 0 Å². The fourth-order valence-corrected chi connectivity index (χ4v) is 9.66. The van der Waals surface area contributed by atoms with Crippen LogP contribution in [0.25, 0.3) is 33.3 Å². The summed E-state index contributed by atoms with van der Waals surface area (Å²) in [5.74, 6) is -1.90. The number of likely N-dealkylation sites (N-methyl/N-ethyl adjacent to an activating group) is 1. The van der Waals surface area contributed by atoms with Crippen molar-refractivity contribution in [3.8, 4) is 28.1 Å². The lowest BCUT2D eigenvalue weighted by Crippen LogP contribution is -2.66. The van der Waals surface area contributed by atoms with Crippen LogP contribution in [0.3, 0.4) is 0 Å². The van der Waals surface area contributed by atoms with Crippen LogP contribution in [-0.2, 0) is 48.0 Å². The van der Waals surface area contributed by atoms with Crippen molar-refractivity contribution < 1.29 is 33.8 Å². The van der Waals surface area contributed by atoms with Crippen molar-refractivity contribution in [3.63, 3.8) is 0 Å². The normalized spacial score (nSPS) is 22.0. The lowest BCUT2D eigenvalue weighted by Gasteiger charge is -2.41. The highest BCUT2D eigenvalue weighted by Crippen LogP contribution is 2.47. The van der Waals surface area contributed by atoms with E-state index >= 15 is 0 Å². The quantitative estimate of drug-likeness (QED) is 0.137. The summed E-state index contributed by atoms with van der Waals surface area (Å²) in [5, 5.41) is 16.7. The van der Waals surface area contributed by atoms with Crippen molar-refractivity contribution in [2.45, 2.75) is 117 Å². The average Bonchev–Trinajstić information content (AvgIpc) is 4.00. The van der Waals surface area contributed by atoms with Gasteiger partial charge >= 0.3 is 5.97 Å². The number of nitrogens with one attached hydrogen (secondary N) is 2. The first-order valence-corrected chi connectivity index (χ1v) is 22.4. The minimum Gasteiger partial charge on any atom is -0.508 e. The van der Waals surface area contributed by atoms with Gasteiger partial charge in [-0.1, -0.05) is 39.8 Å². The predicted molar refractivity (Wildman–Crippen MR) is 242 cm³/mol. The number of amides is 3. The van der Waals surface area contributed by atoms with E-state index in [0.29, 0.717) is 44.2 Å². The summed E-state index contributed by atoms with van der Waals surface area (Å²) in [4.78, 5) is 63.3. The van der Waals surface area contributed by atoms with Crippen LogP contribution >= 0.6 is 0 Å². The molecular weight excluding hydrogens is 799 g/mol. The number of nitrogens with two attached hydrogens (primary N) is 1. The van der Waals surface area contributed by atoms with Crippen LogP contribution in [0, 0.1) is 16.7 Å². The summed E-state index contributed by atoms with van der Waals surface area (Å²) in [6.45, 7) is 15.0. The summed E-state index contributed by atoms with van der Waals surface area (Å²) in [7, 11) is 3.30. The molecule has 2 aromatic heterocycles. The lowest BCUT2D eigenvalue weighted by molar-refractivity contribution is -0.162. The van der Waals surface area contributed by atoms with Crippen LogP contribution in [0.5, 0.6) is 5.75 Å². The molecule has 3 aliphatic rings. The van der Waals surface area contributed by atoms with Gasteiger partial charge in [0, 0.05) is 68.3 Å². The molecule has 14 nitrogen and oxygen atoms in total. The van der Waals surface area contributed by atoms with Gasteiger partial charge in [0.05, 0.1) is 29.5 Å². The largest absolute Gasteiger partial charge is 0.508 e. The van der Waals surface area contributed by atoms with E-state index in [1.807, 2.05) is 39.0 Å². The third-order valence-electron chi connectivity index (χ3n) is 13.4. The Balaban J connectivity index is 1.37. The highest BCUT2D eigenvalue weighted by Gasteiger charge is 2.52. The Morgan fingerprint density at radius 1 is 1.08 bits per heavy atom. The van der Waals surface area contributed by atoms with E-state index in [4.69, 9.17) is 20.2 Å². The number of methoxy groups -OCH3 is 1. The maximum atomic E-state index is 14.8. The molecule has 4 atom stereocenters. The Morgan fingerprint density at radius 2 is 1.83 bits per heavy atom. The molecule has 0 spiro atoms. The monoisotopic (exact) mass is 863 g/mol. The minimum absolute atomic E-state index is 0.00424. The standard InChI is InChI=1S/C49H65N7O7/c1-10-55-39-15-14-32-25-36(39)37(42(55)35-13-11-19-51-40(35)30(4)62-9)26-47(5,6)28-63-46(61)48(7)16-12-20-56(53-48)44(59)38(23-31-21-33(32)24-34(57)22-31)52-43(58)41(29(2)3)54(8)45(60)49(27-50)17-18-49/h11,13-15,19,21-22,24-25,29-30,38,41,53,57H,10,12,16-18,20,23,26-28,50H2,1-9H3,(H,52,58)/t30-,38-,41-,48+/m0/s1. The van der Waals surface area contributed by atoms with E-state index in [9.17, 15) is 24.3 Å². The second-order valence-electron chi connectivity index (χ2n) is 19.3. The first-order valence-electron chi connectivity index (χ1n) is 22.4. The zero-order valence-electron chi connectivity index (χ0n) is 38.3. The van der Waals surface area contributed by atoms with Gasteiger partial charge in [-0.15, -0.1) is 0 Å². The van der Waals surface area contributed by atoms with Crippen LogP contribution in [0.4, 0.5) is 0 Å². The number of fused-ring (bicyclic) bond motifs is 6. The van der Waals surface area contributed by atoms with Crippen LogP contribution in [-0.4, -0.2) is 99.7 Å². The van der Waals surface area contributed by atoms with Gasteiger partial charge in [-0.3, -0.25) is 24.4 Å². The molecule has 0 unspecified atom stereocenters. The Bertz CT molecular complexity index is 2400. The molecule has 3 amide bonds. The molecule has 14 heteroatoms. The molecular formula is C49H65N7O7. The smallest absolute Gasteiger partial charge is 0.327 e. The average molecular weight is 864 g/mol. The highest BCUT2D eigenvalue weighted by atomic mass is 16.5. The molecule has 2 aromatic carbocycles.